The van der Waals surface area contributed by atoms with Crippen molar-refractivity contribution in [2.24, 2.45) is 5.18 Å². The molecular weight excluding hydrogens is 222 g/mol. The van der Waals surface area contributed by atoms with E-state index in [2.05, 4.69) is 29.8 Å². The first-order valence-corrected chi connectivity index (χ1v) is 9.10. The standard InChI is InChI=1S/C10H19N3O2Si/c1-16(2,3)7-6-15-9-13-5-4-11-10(13)8-12-14/h4-5H,6-9H2,1-3H3. The first-order chi connectivity index (χ1) is 7.53. The van der Waals surface area contributed by atoms with Gasteiger partial charge >= 0.3 is 0 Å². The Balaban J connectivity index is 2.31. The van der Waals surface area contributed by atoms with E-state index in [0.29, 0.717) is 12.6 Å². The lowest BCUT2D eigenvalue weighted by atomic mass is 10.6. The summed E-state index contributed by atoms with van der Waals surface area (Å²) < 4.78 is 7.37. The normalized spacial score (nSPS) is 11.7. The van der Waals surface area contributed by atoms with Crippen molar-refractivity contribution >= 4 is 8.07 Å². The van der Waals surface area contributed by atoms with Gasteiger partial charge in [-0.05, 0) is 6.04 Å². The second-order valence-corrected chi connectivity index (χ2v) is 10.6. The molecule has 1 aromatic rings. The van der Waals surface area contributed by atoms with Crippen LogP contribution in [0.3, 0.4) is 0 Å². The third kappa shape index (κ3) is 4.67. The van der Waals surface area contributed by atoms with Gasteiger partial charge in [0.25, 0.3) is 0 Å². The van der Waals surface area contributed by atoms with E-state index < -0.39 is 8.07 Å². The van der Waals surface area contributed by atoms with Crippen LogP contribution in [-0.2, 0) is 18.0 Å². The topological polar surface area (TPSA) is 56.5 Å². The molecule has 0 aliphatic carbocycles. The van der Waals surface area contributed by atoms with Crippen LogP contribution in [0.1, 0.15) is 5.82 Å². The highest BCUT2D eigenvalue weighted by Gasteiger charge is 2.12. The lowest BCUT2D eigenvalue weighted by Gasteiger charge is -2.15. The number of imidazole rings is 1. The maximum absolute atomic E-state index is 10.1. The molecular formula is C10H19N3O2Si. The van der Waals surface area contributed by atoms with Crippen molar-refractivity contribution in [3.63, 3.8) is 0 Å². The monoisotopic (exact) mass is 241 g/mol. The van der Waals surface area contributed by atoms with Crippen LogP contribution in [0.2, 0.25) is 25.7 Å². The highest BCUT2D eigenvalue weighted by molar-refractivity contribution is 6.76. The van der Waals surface area contributed by atoms with Gasteiger partial charge in [0.15, 0.2) is 0 Å². The van der Waals surface area contributed by atoms with Crippen molar-refractivity contribution in [3.8, 4) is 0 Å². The minimum atomic E-state index is -1.03. The Morgan fingerprint density at radius 3 is 2.88 bits per heavy atom. The minimum Gasteiger partial charge on any atom is -0.361 e. The van der Waals surface area contributed by atoms with Gasteiger partial charge in [0.1, 0.15) is 19.1 Å². The van der Waals surface area contributed by atoms with Gasteiger partial charge in [-0.15, -0.1) is 0 Å². The summed E-state index contributed by atoms with van der Waals surface area (Å²) in [5.74, 6) is 0.656. The Kier molecular flexibility index (Phi) is 4.82. The minimum absolute atomic E-state index is 0.102. The van der Waals surface area contributed by atoms with E-state index in [-0.39, 0.29) is 6.54 Å². The van der Waals surface area contributed by atoms with E-state index >= 15 is 0 Å². The Bertz CT molecular complexity index is 333. The SMILES string of the molecule is C[Si](C)(C)CCOCn1ccnc1CN=O. The summed E-state index contributed by atoms with van der Waals surface area (Å²) in [6.07, 6.45) is 3.46. The van der Waals surface area contributed by atoms with E-state index in [1.54, 1.807) is 12.4 Å². The van der Waals surface area contributed by atoms with Crippen LogP contribution in [0.25, 0.3) is 0 Å². The van der Waals surface area contributed by atoms with Crippen molar-refractivity contribution in [2.45, 2.75) is 39.0 Å². The van der Waals surface area contributed by atoms with E-state index in [1.165, 1.54) is 0 Å². The molecule has 0 bridgehead atoms. The molecule has 1 heterocycles. The molecule has 0 fully saturated rings. The molecule has 16 heavy (non-hydrogen) atoms. The van der Waals surface area contributed by atoms with E-state index in [0.717, 1.165) is 12.7 Å². The molecule has 0 aliphatic heterocycles. The number of nitrogens with zero attached hydrogens (tertiary/aromatic N) is 3. The molecule has 0 saturated carbocycles. The number of hydrogen-bond acceptors (Lipinski definition) is 4. The predicted molar refractivity (Wildman–Crippen MR) is 65.8 cm³/mol. The molecule has 0 aromatic carbocycles. The smallest absolute Gasteiger partial charge is 0.139 e. The molecule has 0 aliphatic rings. The Morgan fingerprint density at radius 2 is 2.25 bits per heavy atom. The van der Waals surface area contributed by atoms with Gasteiger partial charge in [0.2, 0.25) is 0 Å². The summed E-state index contributed by atoms with van der Waals surface area (Å²) >= 11 is 0. The third-order valence-corrected chi connectivity index (χ3v) is 3.94. The molecule has 0 saturated heterocycles. The zero-order chi connectivity index (χ0) is 12.0. The summed E-state index contributed by atoms with van der Waals surface area (Å²) in [6.45, 7) is 8.27. The molecule has 0 N–H and O–H groups in total. The second-order valence-electron chi connectivity index (χ2n) is 4.95. The van der Waals surface area contributed by atoms with Gasteiger partial charge in [-0.3, -0.25) is 0 Å². The molecule has 0 amide bonds. The van der Waals surface area contributed by atoms with Gasteiger partial charge in [0.05, 0.1) is 0 Å². The first kappa shape index (κ1) is 13.1. The summed E-state index contributed by atoms with van der Waals surface area (Å²) in [7, 11) is -1.03. The number of aromatic nitrogens is 2. The summed E-state index contributed by atoms with van der Waals surface area (Å²) in [4.78, 5) is 14.2. The molecule has 0 spiro atoms. The van der Waals surface area contributed by atoms with Gasteiger partial charge in [-0.25, -0.2) is 4.98 Å². The van der Waals surface area contributed by atoms with Crippen molar-refractivity contribution in [1.29, 1.82) is 0 Å². The second kappa shape index (κ2) is 5.91. The van der Waals surface area contributed by atoms with Crippen LogP contribution < -0.4 is 0 Å². The van der Waals surface area contributed by atoms with Crippen molar-refractivity contribution in [1.82, 2.24) is 9.55 Å². The lowest BCUT2D eigenvalue weighted by molar-refractivity contribution is 0.0852. The fourth-order valence-electron chi connectivity index (χ4n) is 1.21. The summed E-state index contributed by atoms with van der Waals surface area (Å²) in [6, 6.07) is 1.14. The van der Waals surface area contributed by atoms with Crippen molar-refractivity contribution in [3.05, 3.63) is 23.1 Å². The van der Waals surface area contributed by atoms with Gasteiger partial charge in [-0.2, -0.15) is 4.91 Å². The fourth-order valence-corrected chi connectivity index (χ4v) is 1.96. The average Bonchev–Trinajstić information content (AvgIpc) is 2.60. The summed E-state index contributed by atoms with van der Waals surface area (Å²) in [5.41, 5.74) is 0. The molecule has 90 valence electrons. The maximum atomic E-state index is 10.1. The molecule has 0 unspecified atom stereocenters. The van der Waals surface area contributed by atoms with Crippen molar-refractivity contribution < 1.29 is 4.74 Å². The highest BCUT2D eigenvalue weighted by Crippen LogP contribution is 2.08. The molecule has 5 nitrogen and oxygen atoms in total. The fraction of sp³-hybridized carbons (Fsp3) is 0.700. The Labute approximate surface area is 96.8 Å². The van der Waals surface area contributed by atoms with E-state index in [1.807, 2.05) is 4.57 Å². The van der Waals surface area contributed by atoms with Crippen molar-refractivity contribution in [2.75, 3.05) is 6.61 Å². The van der Waals surface area contributed by atoms with Crippen LogP contribution in [0, 0.1) is 4.91 Å². The molecule has 1 aromatic heterocycles. The third-order valence-electron chi connectivity index (χ3n) is 2.23. The summed E-state index contributed by atoms with van der Waals surface area (Å²) in [5, 5.41) is 2.82. The van der Waals surface area contributed by atoms with Crippen LogP contribution in [-0.4, -0.2) is 24.2 Å². The number of rotatable bonds is 7. The molecule has 0 radical (unpaired) electrons. The van der Waals surface area contributed by atoms with Crippen LogP contribution in [0.4, 0.5) is 0 Å². The van der Waals surface area contributed by atoms with E-state index in [4.69, 9.17) is 4.74 Å². The van der Waals surface area contributed by atoms with Crippen LogP contribution in [0.5, 0.6) is 0 Å². The van der Waals surface area contributed by atoms with Crippen LogP contribution in [0.15, 0.2) is 17.6 Å². The zero-order valence-corrected chi connectivity index (χ0v) is 11.1. The molecule has 6 heteroatoms. The highest BCUT2D eigenvalue weighted by atomic mass is 28.3. The lowest BCUT2D eigenvalue weighted by Crippen LogP contribution is -2.22. The quantitative estimate of drug-likeness (QED) is 0.418. The zero-order valence-electron chi connectivity index (χ0n) is 10.1. The number of nitroso groups, excluding NO2 is 1. The largest absolute Gasteiger partial charge is 0.361 e. The predicted octanol–water partition coefficient (Wildman–Crippen LogP) is 2.46. The van der Waals surface area contributed by atoms with Gasteiger partial charge in [-0.1, -0.05) is 24.8 Å². The maximum Gasteiger partial charge on any atom is 0.139 e. The number of hydrogen-bond donors (Lipinski definition) is 0. The van der Waals surface area contributed by atoms with E-state index in [9.17, 15) is 4.91 Å². The Morgan fingerprint density at radius 1 is 1.50 bits per heavy atom. The van der Waals surface area contributed by atoms with Crippen LogP contribution >= 0.6 is 0 Å². The first-order valence-electron chi connectivity index (χ1n) is 5.40. The van der Waals surface area contributed by atoms with Gasteiger partial charge in [0, 0.05) is 27.1 Å². The molecule has 1 rings (SSSR count). The number of ether oxygens (including phenoxy) is 1. The Hall–Kier alpha value is -1.01. The average molecular weight is 241 g/mol. The van der Waals surface area contributed by atoms with Gasteiger partial charge < -0.3 is 9.30 Å². The molecule has 0 atom stereocenters.